The van der Waals surface area contributed by atoms with E-state index < -0.39 is 0 Å². The van der Waals surface area contributed by atoms with Gasteiger partial charge in [-0.3, -0.25) is 0 Å². The number of aliphatic hydroxyl groups excluding tert-OH is 1. The fourth-order valence-corrected chi connectivity index (χ4v) is 8.17. The first-order chi connectivity index (χ1) is 13.3. The monoisotopic (exact) mass is 385 g/mol. The lowest BCUT2D eigenvalue weighted by molar-refractivity contribution is -0.0540. The smallest absolute Gasteiger partial charge is 0.0577 e. The molecule has 4 aliphatic rings. The minimum absolute atomic E-state index is 0.0876. The molecule has 0 aromatic carbocycles. The minimum atomic E-state index is -0.0876. The SMILES string of the molecule is C[C@H](/C=C\CN(C)C)[C@H]1CC[C@H]2[C@@H]3CC=C4C[C@@H](O)CC[C@]4(C)[C@H]3CC[C@]12C. The minimum Gasteiger partial charge on any atom is -0.393 e. The first kappa shape index (κ1) is 20.7. The van der Waals surface area contributed by atoms with Crippen molar-refractivity contribution in [3.8, 4) is 0 Å². The van der Waals surface area contributed by atoms with E-state index in [1.165, 1.54) is 38.5 Å². The van der Waals surface area contributed by atoms with Crippen molar-refractivity contribution in [1.29, 1.82) is 0 Å². The molecule has 0 aromatic heterocycles. The number of likely N-dealkylation sites (N-methyl/N-ethyl adjacent to an activating group) is 1. The second-order valence-electron chi connectivity index (χ2n) is 11.4. The standard InChI is InChI=1S/C26H43NO/c1-18(7-6-16-27(4)5)22-10-11-23-21-9-8-19-17-20(28)12-14-25(19,2)24(21)13-15-26(22,23)3/h6-8,18,20-24,28H,9-17H2,1-5H3/b7-6-/t18-,20+,21+,22-,23+,24+,25+,26-/m1/s1. The van der Waals surface area contributed by atoms with E-state index >= 15 is 0 Å². The van der Waals surface area contributed by atoms with Gasteiger partial charge in [0.1, 0.15) is 0 Å². The molecule has 0 heterocycles. The van der Waals surface area contributed by atoms with Crippen LogP contribution in [0.2, 0.25) is 0 Å². The van der Waals surface area contributed by atoms with Gasteiger partial charge in [-0.25, -0.2) is 0 Å². The lowest BCUT2D eigenvalue weighted by Crippen LogP contribution is -2.50. The molecule has 28 heavy (non-hydrogen) atoms. The van der Waals surface area contributed by atoms with Gasteiger partial charge in [0.15, 0.2) is 0 Å². The molecule has 3 fully saturated rings. The molecule has 0 radical (unpaired) electrons. The van der Waals surface area contributed by atoms with Crippen LogP contribution in [0.1, 0.15) is 72.1 Å². The lowest BCUT2D eigenvalue weighted by Gasteiger charge is -2.58. The third kappa shape index (κ3) is 3.33. The predicted molar refractivity (Wildman–Crippen MR) is 118 cm³/mol. The molecule has 0 spiro atoms. The molecule has 0 saturated heterocycles. The maximum absolute atomic E-state index is 10.2. The number of rotatable bonds is 4. The Labute approximate surface area is 173 Å². The molecule has 2 nitrogen and oxygen atoms in total. The van der Waals surface area contributed by atoms with Crippen LogP contribution in [-0.2, 0) is 0 Å². The van der Waals surface area contributed by atoms with E-state index in [1.807, 2.05) is 0 Å². The Morgan fingerprint density at radius 1 is 1.14 bits per heavy atom. The summed E-state index contributed by atoms with van der Waals surface area (Å²) in [5, 5.41) is 10.2. The molecule has 158 valence electrons. The second-order valence-corrected chi connectivity index (χ2v) is 11.4. The molecule has 0 aliphatic heterocycles. The van der Waals surface area contributed by atoms with E-state index in [-0.39, 0.29) is 6.10 Å². The van der Waals surface area contributed by atoms with E-state index in [0.717, 1.165) is 43.1 Å². The summed E-state index contributed by atoms with van der Waals surface area (Å²) >= 11 is 0. The number of fused-ring (bicyclic) bond motifs is 5. The zero-order valence-corrected chi connectivity index (χ0v) is 19.0. The van der Waals surface area contributed by atoms with Crippen LogP contribution >= 0.6 is 0 Å². The van der Waals surface area contributed by atoms with E-state index in [0.29, 0.717) is 16.7 Å². The van der Waals surface area contributed by atoms with Gasteiger partial charge in [0.05, 0.1) is 6.10 Å². The average Bonchev–Trinajstić information content (AvgIpc) is 2.99. The van der Waals surface area contributed by atoms with Gasteiger partial charge in [-0.2, -0.15) is 0 Å². The topological polar surface area (TPSA) is 23.5 Å². The van der Waals surface area contributed by atoms with Crippen molar-refractivity contribution >= 4 is 0 Å². The molecule has 4 rings (SSSR count). The van der Waals surface area contributed by atoms with Gasteiger partial charge in [0.25, 0.3) is 0 Å². The average molecular weight is 386 g/mol. The Bertz CT molecular complexity index is 636. The Morgan fingerprint density at radius 3 is 2.68 bits per heavy atom. The van der Waals surface area contributed by atoms with E-state index in [4.69, 9.17) is 0 Å². The van der Waals surface area contributed by atoms with Crippen LogP contribution in [0.15, 0.2) is 23.8 Å². The Hall–Kier alpha value is -0.600. The Kier molecular flexibility index (Phi) is 5.59. The van der Waals surface area contributed by atoms with Crippen LogP contribution in [0, 0.1) is 40.4 Å². The first-order valence-electron chi connectivity index (χ1n) is 11.9. The summed E-state index contributed by atoms with van der Waals surface area (Å²) in [5.74, 6) is 4.19. The summed E-state index contributed by atoms with van der Waals surface area (Å²) < 4.78 is 0. The van der Waals surface area contributed by atoms with E-state index in [9.17, 15) is 5.11 Å². The van der Waals surface area contributed by atoms with Gasteiger partial charge in [-0.15, -0.1) is 0 Å². The summed E-state index contributed by atoms with van der Waals surface area (Å²) in [7, 11) is 4.30. The van der Waals surface area contributed by atoms with Gasteiger partial charge in [-0.1, -0.05) is 44.6 Å². The molecule has 0 unspecified atom stereocenters. The van der Waals surface area contributed by atoms with Gasteiger partial charge in [0.2, 0.25) is 0 Å². The van der Waals surface area contributed by atoms with Crippen molar-refractivity contribution in [3.63, 3.8) is 0 Å². The zero-order valence-electron chi connectivity index (χ0n) is 19.0. The largest absolute Gasteiger partial charge is 0.393 e. The number of nitrogens with zero attached hydrogens (tertiary/aromatic N) is 1. The van der Waals surface area contributed by atoms with Gasteiger partial charge >= 0.3 is 0 Å². The molecule has 0 bridgehead atoms. The molecule has 0 aromatic rings. The highest BCUT2D eigenvalue weighted by Crippen LogP contribution is 2.67. The van der Waals surface area contributed by atoms with Crippen molar-refractivity contribution in [1.82, 2.24) is 4.90 Å². The van der Waals surface area contributed by atoms with Crippen molar-refractivity contribution < 1.29 is 5.11 Å². The highest BCUT2D eigenvalue weighted by Gasteiger charge is 2.58. The number of hydrogen-bond donors (Lipinski definition) is 1. The maximum Gasteiger partial charge on any atom is 0.0577 e. The van der Waals surface area contributed by atoms with Crippen molar-refractivity contribution in [3.05, 3.63) is 23.8 Å². The number of aliphatic hydroxyl groups is 1. The number of hydrogen-bond acceptors (Lipinski definition) is 2. The van der Waals surface area contributed by atoms with Crippen LogP contribution < -0.4 is 0 Å². The predicted octanol–water partition coefficient (Wildman–Crippen LogP) is 5.68. The molecular weight excluding hydrogens is 342 g/mol. The Balaban J connectivity index is 1.53. The summed E-state index contributed by atoms with van der Waals surface area (Å²) in [6.45, 7) is 8.72. The molecule has 4 aliphatic carbocycles. The summed E-state index contributed by atoms with van der Waals surface area (Å²) in [4.78, 5) is 2.25. The number of allylic oxidation sites excluding steroid dienone is 2. The van der Waals surface area contributed by atoms with Crippen molar-refractivity contribution in [2.75, 3.05) is 20.6 Å². The molecule has 1 N–H and O–H groups in total. The highest BCUT2D eigenvalue weighted by molar-refractivity contribution is 5.25. The third-order valence-electron chi connectivity index (χ3n) is 9.70. The first-order valence-corrected chi connectivity index (χ1v) is 11.9. The van der Waals surface area contributed by atoms with Crippen LogP contribution in [0.3, 0.4) is 0 Å². The van der Waals surface area contributed by atoms with E-state index in [1.54, 1.807) is 5.57 Å². The normalized spacial score (nSPS) is 46.8. The second kappa shape index (κ2) is 7.58. The van der Waals surface area contributed by atoms with Crippen LogP contribution in [0.4, 0.5) is 0 Å². The van der Waals surface area contributed by atoms with E-state index in [2.05, 4.69) is 58.0 Å². The molecule has 0 amide bonds. The molecular formula is C26H43NO. The van der Waals surface area contributed by atoms with Gasteiger partial charge < -0.3 is 10.0 Å². The summed E-state index contributed by atoms with van der Waals surface area (Å²) in [5.41, 5.74) is 2.50. The fourth-order valence-electron chi connectivity index (χ4n) is 8.17. The Morgan fingerprint density at radius 2 is 1.93 bits per heavy atom. The fraction of sp³-hybridized carbons (Fsp3) is 0.846. The van der Waals surface area contributed by atoms with Gasteiger partial charge in [-0.05, 0) is 106 Å². The third-order valence-corrected chi connectivity index (χ3v) is 9.70. The quantitative estimate of drug-likeness (QED) is 0.629. The maximum atomic E-state index is 10.2. The van der Waals surface area contributed by atoms with Crippen molar-refractivity contribution in [2.45, 2.75) is 78.2 Å². The summed E-state index contributed by atoms with van der Waals surface area (Å²) in [6.07, 6.45) is 17.5. The lowest BCUT2D eigenvalue weighted by atomic mass is 9.47. The molecule has 3 saturated carbocycles. The highest BCUT2D eigenvalue weighted by atomic mass is 16.3. The summed E-state index contributed by atoms with van der Waals surface area (Å²) in [6, 6.07) is 0. The zero-order chi connectivity index (χ0) is 20.1. The van der Waals surface area contributed by atoms with Crippen LogP contribution in [0.5, 0.6) is 0 Å². The van der Waals surface area contributed by atoms with Crippen LogP contribution in [-0.4, -0.2) is 36.8 Å². The van der Waals surface area contributed by atoms with Gasteiger partial charge in [0, 0.05) is 6.54 Å². The van der Waals surface area contributed by atoms with Crippen LogP contribution in [0.25, 0.3) is 0 Å². The molecule has 8 atom stereocenters. The molecule has 2 heteroatoms. The van der Waals surface area contributed by atoms with Crippen molar-refractivity contribution in [2.24, 2.45) is 40.4 Å².